The van der Waals surface area contributed by atoms with Crippen molar-refractivity contribution in [1.29, 1.82) is 0 Å². The quantitative estimate of drug-likeness (QED) is 0.183. The van der Waals surface area contributed by atoms with E-state index in [0.29, 0.717) is 11.3 Å². The van der Waals surface area contributed by atoms with Crippen molar-refractivity contribution in [2.75, 3.05) is 6.54 Å². The normalized spacial score (nSPS) is 14.4. The summed E-state index contributed by atoms with van der Waals surface area (Å²) < 4.78 is 18.6. The monoisotopic (exact) mass is 492 g/mol. The molecule has 2 amide bonds. The predicted molar refractivity (Wildman–Crippen MR) is 127 cm³/mol. The molecule has 35 heavy (non-hydrogen) atoms. The Morgan fingerprint density at radius 1 is 1.00 bits per heavy atom. The lowest BCUT2D eigenvalue weighted by Crippen LogP contribution is -2.33. The fourth-order valence-corrected chi connectivity index (χ4v) is 4.04. The smallest absolute Gasteiger partial charge is 0.293 e. The third kappa shape index (κ3) is 5.79. The van der Waals surface area contributed by atoms with Crippen LogP contribution in [0.3, 0.4) is 0 Å². The Bertz CT molecular complexity index is 1320. The van der Waals surface area contributed by atoms with E-state index >= 15 is 0 Å². The van der Waals surface area contributed by atoms with Gasteiger partial charge in [0, 0.05) is 17.7 Å². The van der Waals surface area contributed by atoms with Crippen LogP contribution in [0.4, 0.5) is 14.9 Å². The molecule has 3 aromatic carbocycles. The summed E-state index contributed by atoms with van der Waals surface area (Å²) in [6.45, 7) is -0.197. The lowest BCUT2D eigenvalue weighted by Gasteiger charge is -2.11. The van der Waals surface area contributed by atoms with Gasteiger partial charge < -0.3 is 4.74 Å². The van der Waals surface area contributed by atoms with Gasteiger partial charge in [0.15, 0.2) is 5.78 Å². The van der Waals surface area contributed by atoms with E-state index in [1.54, 1.807) is 42.5 Å². The van der Waals surface area contributed by atoms with E-state index in [2.05, 4.69) is 0 Å². The first-order chi connectivity index (χ1) is 16.8. The third-order valence-corrected chi connectivity index (χ3v) is 5.98. The maximum Gasteiger partial charge on any atom is 0.293 e. The number of halogens is 1. The number of rotatable bonds is 8. The van der Waals surface area contributed by atoms with Crippen LogP contribution in [0.2, 0.25) is 0 Å². The molecule has 1 heterocycles. The second-order valence-electron chi connectivity index (χ2n) is 7.48. The van der Waals surface area contributed by atoms with E-state index in [1.165, 1.54) is 36.4 Å². The average molecular weight is 492 g/mol. The van der Waals surface area contributed by atoms with Crippen molar-refractivity contribution in [1.82, 2.24) is 4.90 Å². The van der Waals surface area contributed by atoms with Crippen LogP contribution in [-0.4, -0.2) is 33.3 Å². The highest BCUT2D eigenvalue weighted by Crippen LogP contribution is 2.32. The van der Waals surface area contributed by atoms with Gasteiger partial charge in [0.05, 0.1) is 16.4 Å². The van der Waals surface area contributed by atoms with Gasteiger partial charge in [-0.2, -0.15) is 0 Å². The van der Waals surface area contributed by atoms with E-state index in [4.69, 9.17) is 4.74 Å². The zero-order valence-electron chi connectivity index (χ0n) is 18.0. The number of ether oxygens (including phenoxy) is 1. The molecule has 3 aromatic rings. The van der Waals surface area contributed by atoms with Gasteiger partial charge in [-0.25, -0.2) is 4.39 Å². The van der Waals surface area contributed by atoms with Crippen LogP contribution in [0, 0.1) is 15.9 Å². The molecule has 0 aliphatic carbocycles. The van der Waals surface area contributed by atoms with Gasteiger partial charge in [0.1, 0.15) is 18.2 Å². The Morgan fingerprint density at radius 2 is 1.66 bits per heavy atom. The lowest BCUT2D eigenvalue weighted by atomic mass is 10.1. The second kappa shape index (κ2) is 10.3. The van der Waals surface area contributed by atoms with E-state index in [1.807, 2.05) is 0 Å². The summed E-state index contributed by atoms with van der Waals surface area (Å²) in [7, 11) is 0. The maximum atomic E-state index is 13.0. The first kappa shape index (κ1) is 23.8. The van der Waals surface area contributed by atoms with Crippen LogP contribution in [0.25, 0.3) is 6.08 Å². The Labute approximate surface area is 203 Å². The summed E-state index contributed by atoms with van der Waals surface area (Å²) in [6.07, 6.45) is 1.55. The van der Waals surface area contributed by atoms with Crippen molar-refractivity contribution in [2.24, 2.45) is 0 Å². The van der Waals surface area contributed by atoms with Gasteiger partial charge in [-0.05, 0) is 65.4 Å². The molecule has 176 valence electrons. The number of hydrogen-bond donors (Lipinski definition) is 0. The summed E-state index contributed by atoms with van der Waals surface area (Å²) in [5.41, 5.74) is 1.47. The molecule has 1 saturated heterocycles. The highest BCUT2D eigenvalue weighted by Gasteiger charge is 2.36. The SMILES string of the molecule is O=C(CN1C(=O)S/C(=C\c2ccc(OCc3ccc(F)cc3)cc2)C1=O)c1ccc([N+](=O)[O-])cc1. The van der Waals surface area contributed by atoms with Crippen LogP contribution >= 0.6 is 11.8 Å². The Balaban J connectivity index is 1.38. The van der Waals surface area contributed by atoms with Crippen molar-refractivity contribution in [3.05, 3.63) is 110 Å². The number of carbonyl (C=O) groups excluding carboxylic acids is 3. The number of nitro benzene ring substituents is 1. The van der Waals surface area contributed by atoms with Gasteiger partial charge in [-0.1, -0.05) is 24.3 Å². The molecule has 0 spiro atoms. The van der Waals surface area contributed by atoms with Crippen molar-refractivity contribution in [2.45, 2.75) is 6.61 Å². The summed E-state index contributed by atoms with van der Waals surface area (Å²) >= 11 is 0.728. The highest BCUT2D eigenvalue weighted by molar-refractivity contribution is 8.18. The molecule has 0 saturated carbocycles. The Morgan fingerprint density at radius 3 is 2.29 bits per heavy atom. The van der Waals surface area contributed by atoms with Gasteiger partial charge in [0.25, 0.3) is 16.8 Å². The average Bonchev–Trinajstić information content (AvgIpc) is 3.11. The lowest BCUT2D eigenvalue weighted by molar-refractivity contribution is -0.384. The molecule has 0 radical (unpaired) electrons. The van der Waals surface area contributed by atoms with Gasteiger partial charge in [-0.15, -0.1) is 0 Å². The fourth-order valence-electron chi connectivity index (χ4n) is 3.20. The summed E-state index contributed by atoms with van der Waals surface area (Å²) in [5, 5.41) is 10.2. The number of amides is 2. The molecule has 0 unspecified atom stereocenters. The molecule has 0 N–H and O–H groups in total. The molecule has 4 rings (SSSR count). The summed E-state index contributed by atoms with van der Waals surface area (Å²) in [5.74, 6) is -0.843. The van der Waals surface area contributed by atoms with Crippen molar-refractivity contribution in [3.63, 3.8) is 0 Å². The van der Waals surface area contributed by atoms with Gasteiger partial charge in [0.2, 0.25) is 0 Å². The van der Waals surface area contributed by atoms with E-state index in [-0.39, 0.29) is 28.6 Å². The Hall–Kier alpha value is -4.31. The van der Waals surface area contributed by atoms with Crippen molar-refractivity contribution < 1.29 is 28.4 Å². The van der Waals surface area contributed by atoms with Gasteiger partial charge in [-0.3, -0.25) is 29.4 Å². The number of Topliss-reactive ketones (excluding diaryl/α,β-unsaturated/α-hetero) is 1. The topological polar surface area (TPSA) is 107 Å². The number of thioether (sulfide) groups is 1. The number of nitrogens with zero attached hydrogens (tertiary/aromatic N) is 2. The van der Waals surface area contributed by atoms with E-state index < -0.39 is 28.4 Å². The zero-order valence-corrected chi connectivity index (χ0v) is 18.9. The van der Waals surface area contributed by atoms with Crippen LogP contribution in [0.5, 0.6) is 5.75 Å². The van der Waals surface area contributed by atoms with Crippen molar-refractivity contribution in [3.8, 4) is 5.75 Å². The number of ketones is 1. The van der Waals surface area contributed by atoms with Gasteiger partial charge >= 0.3 is 0 Å². The maximum absolute atomic E-state index is 13.0. The number of non-ortho nitro benzene ring substituents is 1. The largest absolute Gasteiger partial charge is 0.489 e. The number of hydrogen-bond acceptors (Lipinski definition) is 7. The number of imide groups is 1. The predicted octanol–water partition coefficient (Wildman–Crippen LogP) is 5.23. The molecule has 1 aliphatic rings. The number of nitro groups is 1. The third-order valence-electron chi connectivity index (χ3n) is 5.07. The van der Waals surface area contributed by atoms with Crippen LogP contribution in [0.1, 0.15) is 21.5 Å². The molecule has 0 aromatic heterocycles. The summed E-state index contributed by atoms with van der Waals surface area (Å²) in [6, 6.07) is 17.8. The van der Waals surface area contributed by atoms with E-state index in [0.717, 1.165) is 22.2 Å². The standard InChI is InChI=1S/C25H17FN2O6S/c26-19-7-1-17(2-8-19)15-34-21-11-3-16(4-12-21)13-23-24(30)27(25(31)35-23)14-22(29)18-5-9-20(10-6-18)28(32)33/h1-13H,14-15H2/b23-13-. The zero-order chi connectivity index (χ0) is 24.9. The first-order valence-corrected chi connectivity index (χ1v) is 11.1. The minimum absolute atomic E-state index is 0.162. The molecule has 0 atom stereocenters. The molecule has 0 bridgehead atoms. The molecule has 8 nitrogen and oxygen atoms in total. The minimum Gasteiger partial charge on any atom is -0.489 e. The number of benzene rings is 3. The van der Waals surface area contributed by atoms with E-state index in [9.17, 15) is 28.9 Å². The summed E-state index contributed by atoms with van der Waals surface area (Å²) in [4.78, 5) is 48.7. The molecule has 10 heteroatoms. The first-order valence-electron chi connectivity index (χ1n) is 10.3. The van der Waals surface area contributed by atoms with Crippen LogP contribution < -0.4 is 4.74 Å². The van der Waals surface area contributed by atoms with Crippen LogP contribution in [-0.2, 0) is 11.4 Å². The fraction of sp³-hybridized carbons (Fsp3) is 0.0800. The second-order valence-corrected chi connectivity index (χ2v) is 8.47. The molecular weight excluding hydrogens is 475 g/mol. The molecule has 1 fully saturated rings. The van der Waals surface area contributed by atoms with Crippen molar-refractivity contribution >= 4 is 40.5 Å². The molecular formula is C25H17FN2O6S. The molecule has 1 aliphatic heterocycles. The number of carbonyl (C=O) groups is 3. The highest BCUT2D eigenvalue weighted by atomic mass is 32.2. The Kier molecular flexibility index (Phi) is 7.02. The van der Waals surface area contributed by atoms with Crippen LogP contribution in [0.15, 0.2) is 77.7 Å². The minimum atomic E-state index is -0.591.